The standard InChI is InChI=1S/C11H9NO5/c13-11(14)8-4-7-10(17-8)12-5-9(16-7)6-2-1-3-15-6/h1-4,9,12H,5H2,(H,13,14). The predicted molar refractivity (Wildman–Crippen MR) is 56.2 cm³/mol. The third-order valence-corrected chi connectivity index (χ3v) is 2.49. The van der Waals surface area contributed by atoms with Gasteiger partial charge < -0.3 is 24.0 Å². The number of aromatic carboxylic acids is 1. The van der Waals surface area contributed by atoms with E-state index in [1.54, 1.807) is 18.4 Å². The van der Waals surface area contributed by atoms with Gasteiger partial charge in [-0.2, -0.15) is 0 Å². The van der Waals surface area contributed by atoms with E-state index < -0.39 is 5.97 Å². The first kappa shape index (κ1) is 9.83. The number of hydrogen-bond donors (Lipinski definition) is 2. The summed E-state index contributed by atoms with van der Waals surface area (Å²) in [4.78, 5) is 10.7. The van der Waals surface area contributed by atoms with Crippen molar-refractivity contribution in [3.63, 3.8) is 0 Å². The van der Waals surface area contributed by atoms with Gasteiger partial charge in [-0.3, -0.25) is 0 Å². The van der Waals surface area contributed by atoms with Crippen molar-refractivity contribution >= 4 is 11.9 Å². The fourth-order valence-electron chi connectivity index (χ4n) is 1.70. The van der Waals surface area contributed by atoms with Crippen molar-refractivity contribution in [2.75, 3.05) is 11.9 Å². The number of fused-ring (bicyclic) bond motifs is 1. The van der Waals surface area contributed by atoms with E-state index in [0.717, 1.165) is 0 Å². The van der Waals surface area contributed by atoms with Gasteiger partial charge in [-0.15, -0.1) is 0 Å². The van der Waals surface area contributed by atoms with E-state index in [1.165, 1.54) is 6.07 Å². The highest BCUT2D eigenvalue weighted by Crippen LogP contribution is 2.36. The lowest BCUT2D eigenvalue weighted by atomic mass is 10.2. The Labute approximate surface area is 95.8 Å². The molecule has 0 aliphatic carbocycles. The van der Waals surface area contributed by atoms with Gasteiger partial charge >= 0.3 is 5.97 Å². The molecule has 2 aromatic heterocycles. The molecule has 0 spiro atoms. The maximum Gasteiger partial charge on any atom is 0.372 e. The first-order valence-corrected chi connectivity index (χ1v) is 5.05. The van der Waals surface area contributed by atoms with Crippen molar-refractivity contribution in [1.82, 2.24) is 0 Å². The smallest absolute Gasteiger partial charge is 0.372 e. The lowest BCUT2D eigenvalue weighted by molar-refractivity contribution is 0.0663. The third kappa shape index (κ3) is 1.63. The summed E-state index contributed by atoms with van der Waals surface area (Å²) < 4.78 is 15.9. The number of ether oxygens (including phenoxy) is 1. The second-order valence-corrected chi connectivity index (χ2v) is 3.61. The minimum absolute atomic E-state index is 0.150. The van der Waals surface area contributed by atoms with Crippen LogP contribution in [0.1, 0.15) is 22.4 Å². The minimum Gasteiger partial charge on any atom is -0.475 e. The Morgan fingerprint density at radius 1 is 1.53 bits per heavy atom. The summed E-state index contributed by atoms with van der Waals surface area (Å²) >= 11 is 0. The molecule has 0 bridgehead atoms. The summed E-state index contributed by atoms with van der Waals surface area (Å²) in [5.41, 5.74) is 0. The van der Waals surface area contributed by atoms with Gasteiger partial charge in [0.1, 0.15) is 5.76 Å². The summed E-state index contributed by atoms with van der Waals surface area (Å²) in [6, 6.07) is 4.92. The van der Waals surface area contributed by atoms with E-state index >= 15 is 0 Å². The molecule has 1 unspecified atom stereocenters. The van der Waals surface area contributed by atoms with Gasteiger partial charge in [0.15, 0.2) is 11.9 Å². The molecule has 1 aliphatic rings. The SMILES string of the molecule is O=C(O)c1cc2c(o1)NCC(c1ccco1)O2. The number of nitrogens with one attached hydrogen (secondary N) is 1. The Morgan fingerprint density at radius 2 is 2.41 bits per heavy atom. The zero-order chi connectivity index (χ0) is 11.8. The van der Waals surface area contributed by atoms with Crippen molar-refractivity contribution < 1.29 is 23.5 Å². The molecule has 0 aromatic carbocycles. The van der Waals surface area contributed by atoms with Gasteiger partial charge in [0.05, 0.1) is 12.8 Å². The normalized spacial score (nSPS) is 18.0. The van der Waals surface area contributed by atoms with E-state index in [4.69, 9.17) is 18.7 Å². The van der Waals surface area contributed by atoms with Gasteiger partial charge in [0.25, 0.3) is 0 Å². The molecule has 0 saturated heterocycles. The quantitative estimate of drug-likeness (QED) is 0.829. The lowest BCUT2D eigenvalue weighted by Gasteiger charge is -2.22. The van der Waals surface area contributed by atoms with Gasteiger partial charge in [0.2, 0.25) is 11.6 Å². The zero-order valence-corrected chi connectivity index (χ0v) is 8.67. The third-order valence-electron chi connectivity index (χ3n) is 2.49. The van der Waals surface area contributed by atoms with Crippen LogP contribution in [0.25, 0.3) is 0 Å². The summed E-state index contributed by atoms with van der Waals surface area (Å²) in [5.74, 6) is 0.128. The predicted octanol–water partition coefficient (Wildman–Crippen LogP) is 2.12. The molecular formula is C11H9NO5. The number of rotatable bonds is 2. The molecule has 1 aliphatic heterocycles. The van der Waals surface area contributed by atoms with Crippen molar-refractivity contribution in [2.45, 2.75) is 6.10 Å². The molecule has 6 nitrogen and oxygen atoms in total. The van der Waals surface area contributed by atoms with E-state index in [-0.39, 0.29) is 11.9 Å². The van der Waals surface area contributed by atoms with Crippen LogP contribution in [0.3, 0.4) is 0 Å². The van der Waals surface area contributed by atoms with Crippen LogP contribution in [0.2, 0.25) is 0 Å². The van der Waals surface area contributed by atoms with Crippen molar-refractivity contribution in [3.05, 3.63) is 36.0 Å². The highest BCUT2D eigenvalue weighted by atomic mass is 16.5. The Hall–Kier alpha value is -2.37. The Morgan fingerprint density at radius 3 is 3.12 bits per heavy atom. The van der Waals surface area contributed by atoms with Crippen LogP contribution < -0.4 is 10.1 Å². The Bertz CT molecular complexity index is 542. The average molecular weight is 235 g/mol. The lowest BCUT2D eigenvalue weighted by Crippen LogP contribution is -2.22. The number of furan rings is 2. The molecule has 17 heavy (non-hydrogen) atoms. The summed E-state index contributed by atoms with van der Waals surface area (Å²) in [6.07, 6.45) is 1.28. The summed E-state index contributed by atoms with van der Waals surface area (Å²) in [6.45, 7) is 0.465. The van der Waals surface area contributed by atoms with Crippen molar-refractivity contribution in [1.29, 1.82) is 0 Å². The number of hydrogen-bond acceptors (Lipinski definition) is 5. The van der Waals surface area contributed by atoms with Crippen molar-refractivity contribution in [3.8, 4) is 5.75 Å². The van der Waals surface area contributed by atoms with Crippen LogP contribution in [-0.2, 0) is 0 Å². The van der Waals surface area contributed by atoms with E-state index in [2.05, 4.69) is 5.32 Å². The molecule has 88 valence electrons. The largest absolute Gasteiger partial charge is 0.475 e. The van der Waals surface area contributed by atoms with Gasteiger partial charge in [0, 0.05) is 6.07 Å². The van der Waals surface area contributed by atoms with E-state index in [1.807, 2.05) is 0 Å². The highest BCUT2D eigenvalue weighted by molar-refractivity contribution is 5.86. The fourth-order valence-corrected chi connectivity index (χ4v) is 1.70. The van der Waals surface area contributed by atoms with Crippen LogP contribution >= 0.6 is 0 Å². The molecule has 0 amide bonds. The maximum atomic E-state index is 10.7. The monoisotopic (exact) mass is 235 g/mol. The number of carboxylic acid groups (broad SMARTS) is 1. The molecule has 0 saturated carbocycles. The average Bonchev–Trinajstić information content (AvgIpc) is 2.97. The maximum absolute atomic E-state index is 10.7. The minimum atomic E-state index is -1.13. The number of carboxylic acids is 1. The second kappa shape index (κ2) is 3.58. The molecule has 6 heteroatoms. The molecule has 3 rings (SSSR count). The Kier molecular flexibility index (Phi) is 2.07. The molecule has 0 radical (unpaired) electrons. The van der Waals surface area contributed by atoms with Crippen LogP contribution in [0.5, 0.6) is 5.75 Å². The Balaban J connectivity index is 1.88. The van der Waals surface area contributed by atoms with Crippen LogP contribution in [0, 0.1) is 0 Å². The first-order chi connectivity index (χ1) is 8.24. The summed E-state index contributed by atoms with van der Waals surface area (Å²) in [5, 5.41) is 11.7. The number of carbonyl (C=O) groups is 1. The highest BCUT2D eigenvalue weighted by Gasteiger charge is 2.27. The van der Waals surface area contributed by atoms with Gasteiger partial charge in [-0.05, 0) is 12.1 Å². The molecule has 3 heterocycles. The first-order valence-electron chi connectivity index (χ1n) is 5.05. The number of anilines is 1. The van der Waals surface area contributed by atoms with Gasteiger partial charge in [-0.1, -0.05) is 0 Å². The van der Waals surface area contributed by atoms with E-state index in [9.17, 15) is 4.79 Å². The molecular weight excluding hydrogens is 226 g/mol. The van der Waals surface area contributed by atoms with E-state index in [0.29, 0.717) is 23.9 Å². The fraction of sp³-hybridized carbons (Fsp3) is 0.182. The topological polar surface area (TPSA) is 84.8 Å². The molecule has 1 atom stereocenters. The zero-order valence-electron chi connectivity index (χ0n) is 8.67. The molecule has 2 aromatic rings. The van der Waals surface area contributed by atoms with Crippen molar-refractivity contribution in [2.24, 2.45) is 0 Å². The van der Waals surface area contributed by atoms with Crippen LogP contribution in [0.15, 0.2) is 33.3 Å². The van der Waals surface area contributed by atoms with Gasteiger partial charge in [-0.25, -0.2) is 4.79 Å². The molecule has 0 fully saturated rings. The van der Waals surface area contributed by atoms with Crippen LogP contribution in [-0.4, -0.2) is 17.6 Å². The molecule has 2 N–H and O–H groups in total. The second-order valence-electron chi connectivity index (χ2n) is 3.61. The summed E-state index contributed by atoms with van der Waals surface area (Å²) in [7, 11) is 0. The van der Waals surface area contributed by atoms with Crippen LogP contribution in [0.4, 0.5) is 5.88 Å².